The molecule has 2 fully saturated rings. The minimum atomic E-state index is -1.22. The largest absolute Gasteiger partial charge is 0.481 e. The molecule has 35 heavy (non-hydrogen) atoms. The van der Waals surface area contributed by atoms with Crippen LogP contribution in [0.4, 0.5) is 4.79 Å². The van der Waals surface area contributed by atoms with Gasteiger partial charge in [0.25, 0.3) is 0 Å². The second-order valence-corrected chi connectivity index (χ2v) is 10.2. The number of carboxylic acids is 1. The summed E-state index contributed by atoms with van der Waals surface area (Å²) in [5.41, 5.74) is 2.07. The van der Waals surface area contributed by atoms with E-state index in [1.807, 2.05) is 36.4 Å². The highest BCUT2D eigenvalue weighted by Gasteiger charge is 2.53. The van der Waals surface area contributed by atoms with Gasteiger partial charge in [0, 0.05) is 5.92 Å². The first-order valence-corrected chi connectivity index (χ1v) is 12.0. The van der Waals surface area contributed by atoms with Crippen LogP contribution in [-0.4, -0.2) is 54.5 Å². The van der Waals surface area contributed by atoms with Gasteiger partial charge < -0.3 is 25.2 Å². The molecule has 8 heteroatoms. The van der Waals surface area contributed by atoms with Gasteiger partial charge in [-0.1, -0.05) is 48.5 Å². The molecule has 3 atom stereocenters. The summed E-state index contributed by atoms with van der Waals surface area (Å²) < 4.78 is 11.0. The van der Waals surface area contributed by atoms with Gasteiger partial charge in [-0.05, 0) is 54.9 Å². The van der Waals surface area contributed by atoms with E-state index in [1.165, 1.54) is 0 Å². The lowest BCUT2D eigenvalue weighted by atomic mass is 9.84. The molecule has 1 aliphatic heterocycles. The fourth-order valence-corrected chi connectivity index (χ4v) is 5.24. The number of nitrogens with one attached hydrogen (secondary N) is 2. The number of alkyl carbamates (subject to hydrolysis) is 1. The Morgan fingerprint density at radius 1 is 1.09 bits per heavy atom. The average Bonchev–Trinajstić information content (AvgIpc) is 3.57. The summed E-state index contributed by atoms with van der Waals surface area (Å²) in [5.74, 6) is -1.57. The third-order valence-electron chi connectivity index (χ3n) is 7.82. The Morgan fingerprint density at radius 2 is 1.69 bits per heavy atom. The zero-order valence-electron chi connectivity index (χ0n) is 19.9. The number of amides is 2. The Balaban J connectivity index is 1.27. The maximum atomic E-state index is 13.3. The molecule has 0 radical (unpaired) electrons. The van der Waals surface area contributed by atoms with Crippen LogP contribution in [0.3, 0.4) is 0 Å². The Hall–Kier alpha value is -3.39. The molecule has 5 rings (SSSR count). The molecule has 2 aliphatic carbocycles. The van der Waals surface area contributed by atoms with Crippen molar-refractivity contribution in [3.63, 3.8) is 0 Å². The fraction of sp³-hybridized carbons (Fsp3) is 0.444. The van der Waals surface area contributed by atoms with Crippen LogP contribution in [0.25, 0.3) is 11.1 Å². The highest BCUT2D eigenvalue weighted by molar-refractivity contribution is 5.91. The normalized spacial score (nSPS) is 24.7. The van der Waals surface area contributed by atoms with Gasteiger partial charge in [0.15, 0.2) is 0 Å². The number of ether oxygens (including phenoxy) is 2. The number of fused-ring (bicyclic) bond motifs is 3. The molecule has 1 saturated heterocycles. The maximum absolute atomic E-state index is 13.3. The van der Waals surface area contributed by atoms with Crippen LogP contribution >= 0.6 is 0 Å². The zero-order valence-corrected chi connectivity index (χ0v) is 19.9. The van der Waals surface area contributed by atoms with Crippen LogP contribution in [0.5, 0.6) is 0 Å². The van der Waals surface area contributed by atoms with Crippen molar-refractivity contribution < 1.29 is 29.0 Å². The number of hydrogen-bond acceptors (Lipinski definition) is 5. The molecule has 2 aromatic carbocycles. The SMILES string of the molecule is CC1(C(=O)O)COCC1NC(=O)C(C)(NC(=O)OCC1c2ccccc2-c2ccccc21)C1CC1. The Kier molecular flexibility index (Phi) is 5.79. The number of rotatable bonds is 7. The number of carbonyl (C=O) groups is 3. The molecule has 3 N–H and O–H groups in total. The van der Waals surface area contributed by atoms with E-state index in [0.29, 0.717) is 0 Å². The third kappa shape index (κ3) is 4.05. The van der Waals surface area contributed by atoms with Gasteiger partial charge in [0.1, 0.15) is 17.6 Å². The summed E-state index contributed by atoms with van der Waals surface area (Å²) in [6, 6.07) is 15.5. The van der Waals surface area contributed by atoms with Gasteiger partial charge in [-0.2, -0.15) is 0 Å². The average molecular weight is 479 g/mol. The highest BCUT2D eigenvalue weighted by atomic mass is 16.5. The molecule has 1 heterocycles. The summed E-state index contributed by atoms with van der Waals surface area (Å²) in [4.78, 5) is 38.0. The summed E-state index contributed by atoms with van der Waals surface area (Å²) in [6.45, 7) is 3.51. The molecule has 2 aromatic rings. The van der Waals surface area contributed by atoms with Gasteiger partial charge >= 0.3 is 12.1 Å². The molecule has 0 aromatic heterocycles. The van der Waals surface area contributed by atoms with Crippen molar-refractivity contribution in [1.29, 1.82) is 0 Å². The van der Waals surface area contributed by atoms with E-state index in [-0.39, 0.29) is 31.7 Å². The summed E-state index contributed by atoms with van der Waals surface area (Å²) in [6.07, 6.45) is 0.927. The molecule has 0 spiro atoms. The van der Waals surface area contributed by atoms with Crippen LogP contribution in [0.1, 0.15) is 43.7 Å². The van der Waals surface area contributed by atoms with Crippen molar-refractivity contribution in [3.8, 4) is 11.1 Å². The highest BCUT2D eigenvalue weighted by Crippen LogP contribution is 2.45. The van der Waals surface area contributed by atoms with Crippen LogP contribution in [0, 0.1) is 11.3 Å². The molecular weight excluding hydrogens is 448 g/mol. The standard InChI is InChI=1S/C27H30N2O6/c1-26(24(31)32)15-34-14-22(26)28-23(30)27(2,16-11-12-16)29-25(33)35-13-21-19-9-5-3-7-17(19)18-8-4-6-10-20(18)21/h3-10,16,21-22H,11-15H2,1-2H3,(H,28,30)(H,29,33)(H,31,32). The van der Waals surface area contributed by atoms with Crippen molar-refractivity contribution in [3.05, 3.63) is 59.7 Å². The molecule has 2 amide bonds. The third-order valence-corrected chi connectivity index (χ3v) is 7.82. The van der Waals surface area contributed by atoms with E-state index in [9.17, 15) is 19.5 Å². The van der Waals surface area contributed by atoms with Crippen molar-refractivity contribution in [2.24, 2.45) is 11.3 Å². The van der Waals surface area contributed by atoms with Gasteiger partial charge in [0.05, 0.1) is 19.3 Å². The smallest absolute Gasteiger partial charge is 0.408 e. The van der Waals surface area contributed by atoms with Crippen molar-refractivity contribution >= 4 is 18.0 Å². The van der Waals surface area contributed by atoms with Crippen LogP contribution in [0.2, 0.25) is 0 Å². The Morgan fingerprint density at radius 3 is 2.26 bits per heavy atom. The van der Waals surface area contributed by atoms with Crippen LogP contribution < -0.4 is 10.6 Å². The van der Waals surface area contributed by atoms with E-state index >= 15 is 0 Å². The van der Waals surface area contributed by atoms with E-state index in [2.05, 4.69) is 22.8 Å². The minimum Gasteiger partial charge on any atom is -0.481 e. The number of benzene rings is 2. The van der Waals surface area contributed by atoms with Gasteiger partial charge in [-0.25, -0.2) is 4.79 Å². The monoisotopic (exact) mass is 478 g/mol. The second-order valence-electron chi connectivity index (χ2n) is 10.2. The first-order chi connectivity index (χ1) is 16.7. The number of aliphatic carboxylic acids is 1. The quantitative estimate of drug-likeness (QED) is 0.563. The number of hydrogen-bond donors (Lipinski definition) is 3. The molecule has 3 aliphatic rings. The summed E-state index contributed by atoms with van der Waals surface area (Å²) in [5, 5.41) is 15.2. The van der Waals surface area contributed by atoms with E-state index in [4.69, 9.17) is 9.47 Å². The van der Waals surface area contributed by atoms with E-state index in [1.54, 1.807) is 13.8 Å². The summed E-state index contributed by atoms with van der Waals surface area (Å²) in [7, 11) is 0. The molecule has 3 unspecified atom stereocenters. The molecule has 0 bridgehead atoms. The first-order valence-electron chi connectivity index (χ1n) is 12.0. The lowest BCUT2D eigenvalue weighted by molar-refractivity contribution is -0.149. The van der Waals surface area contributed by atoms with Crippen molar-refractivity contribution in [2.75, 3.05) is 19.8 Å². The second kappa shape index (κ2) is 8.68. The molecule has 8 nitrogen and oxygen atoms in total. The lowest BCUT2D eigenvalue weighted by Crippen LogP contribution is -2.62. The minimum absolute atomic E-state index is 0.0211. The van der Waals surface area contributed by atoms with Crippen LogP contribution in [-0.2, 0) is 19.1 Å². The van der Waals surface area contributed by atoms with Gasteiger partial charge in [-0.3, -0.25) is 9.59 Å². The first kappa shape index (κ1) is 23.4. The predicted molar refractivity (Wildman–Crippen MR) is 128 cm³/mol. The number of carbonyl (C=O) groups excluding carboxylic acids is 2. The molecule has 1 saturated carbocycles. The fourth-order valence-electron chi connectivity index (χ4n) is 5.24. The van der Waals surface area contributed by atoms with E-state index < -0.39 is 35.0 Å². The van der Waals surface area contributed by atoms with Gasteiger partial charge in [-0.15, -0.1) is 0 Å². The van der Waals surface area contributed by atoms with Crippen molar-refractivity contribution in [2.45, 2.75) is 44.2 Å². The lowest BCUT2D eigenvalue weighted by Gasteiger charge is -2.33. The molecule has 184 valence electrons. The Bertz CT molecular complexity index is 1130. The van der Waals surface area contributed by atoms with Crippen molar-refractivity contribution in [1.82, 2.24) is 10.6 Å². The van der Waals surface area contributed by atoms with Gasteiger partial charge in [0.2, 0.25) is 5.91 Å². The van der Waals surface area contributed by atoms with E-state index in [0.717, 1.165) is 35.1 Å². The zero-order chi connectivity index (χ0) is 24.8. The van der Waals surface area contributed by atoms with Crippen LogP contribution in [0.15, 0.2) is 48.5 Å². The topological polar surface area (TPSA) is 114 Å². The summed E-state index contributed by atoms with van der Waals surface area (Å²) >= 11 is 0. The molecular formula is C27H30N2O6. The maximum Gasteiger partial charge on any atom is 0.408 e. The predicted octanol–water partition coefficient (Wildman–Crippen LogP) is 3.30. The Labute approximate surface area is 204 Å². The number of carboxylic acid groups (broad SMARTS) is 1.